The maximum absolute atomic E-state index is 7.08. The van der Waals surface area contributed by atoms with E-state index in [1.165, 1.54) is 15.8 Å². The third-order valence-electron chi connectivity index (χ3n) is 5.47. The summed E-state index contributed by atoms with van der Waals surface area (Å²) in [5, 5.41) is 8.90. The predicted molar refractivity (Wildman–Crippen MR) is 134 cm³/mol. The number of nitrogens with one attached hydrogen (secondary N) is 2. The molecule has 0 atom stereocenters. The van der Waals surface area contributed by atoms with E-state index >= 15 is 0 Å². The molecule has 0 spiro atoms. The zero-order chi connectivity index (χ0) is 23.0. The van der Waals surface area contributed by atoms with Crippen LogP contribution in [0.25, 0.3) is 21.3 Å². The van der Waals surface area contributed by atoms with Crippen LogP contribution in [-0.2, 0) is 19.5 Å². The summed E-state index contributed by atoms with van der Waals surface area (Å²) in [5.74, 6) is 1.44. The topological polar surface area (TPSA) is 55.4 Å². The van der Waals surface area contributed by atoms with E-state index in [0.717, 1.165) is 46.9 Å². The second-order valence-electron chi connectivity index (χ2n) is 9.49. The van der Waals surface area contributed by atoms with Crippen molar-refractivity contribution in [1.82, 2.24) is 15.6 Å². The molecule has 0 saturated carbocycles. The lowest BCUT2D eigenvalue weighted by atomic mass is 9.96. The Morgan fingerprint density at radius 3 is 2.72 bits per heavy atom. The predicted octanol–water partition coefficient (Wildman–Crippen LogP) is 5.95. The van der Waals surface area contributed by atoms with Gasteiger partial charge in [-0.3, -0.25) is 0 Å². The van der Waals surface area contributed by atoms with Gasteiger partial charge < -0.3 is 20.1 Å². The molecule has 0 aliphatic carbocycles. The lowest BCUT2D eigenvalue weighted by Gasteiger charge is -2.22. The molecular formula is C25H32ClN3O2S. The molecule has 7 heteroatoms. The number of pyridine rings is 1. The van der Waals surface area contributed by atoms with Crippen LogP contribution in [0.5, 0.6) is 11.5 Å². The van der Waals surface area contributed by atoms with Crippen LogP contribution >= 0.6 is 22.9 Å². The lowest BCUT2D eigenvalue weighted by Crippen LogP contribution is -2.35. The fourth-order valence-corrected chi connectivity index (χ4v) is 5.52. The van der Waals surface area contributed by atoms with Gasteiger partial charge in [-0.2, -0.15) is 0 Å². The molecule has 1 aliphatic heterocycles. The summed E-state index contributed by atoms with van der Waals surface area (Å²) in [5.41, 5.74) is 4.27. The lowest BCUT2D eigenvalue weighted by molar-refractivity contribution is 0.230. The van der Waals surface area contributed by atoms with Crippen molar-refractivity contribution in [2.24, 2.45) is 0 Å². The Morgan fingerprint density at radius 2 is 2.03 bits per heavy atom. The first kappa shape index (κ1) is 23.3. The standard InChI is InChI=1S/C25H32ClN3O2S/c1-14(2)31-18-8-7-15(11-19(18)30-6)21-22-16-9-10-27-13-20(16)32-24(22)29-17(23(21)26)12-28-25(3,4)5/h7-8,11,14,27-28H,9-10,12-13H2,1-6H3. The van der Waals surface area contributed by atoms with Crippen LogP contribution in [0.1, 0.15) is 50.8 Å². The van der Waals surface area contributed by atoms with Crippen molar-refractivity contribution in [3.8, 4) is 22.6 Å². The Hall–Kier alpha value is -1.86. The summed E-state index contributed by atoms with van der Waals surface area (Å²) in [7, 11) is 1.67. The van der Waals surface area contributed by atoms with E-state index in [-0.39, 0.29) is 11.6 Å². The highest BCUT2D eigenvalue weighted by molar-refractivity contribution is 7.19. The number of fused-ring (bicyclic) bond motifs is 3. The summed E-state index contributed by atoms with van der Waals surface area (Å²) in [6.07, 6.45) is 1.04. The third kappa shape index (κ3) is 4.74. The molecule has 0 bridgehead atoms. The Morgan fingerprint density at radius 1 is 1.25 bits per heavy atom. The van der Waals surface area contributed by atoms with E-state index < -0.39 is 0 Å². The van der Waals surface area contributed by atoms with E-state index in [1.807, 2.05) is 26.0 Å². The number of methoxy groups -OCH3 is 1. The average Bonchev–Trinajstić information content (AvgIpc) is 3.10. The molecular weight excluding hydrogens is 442 g/mol. The molecule has 5 nitrogen and oxygen atoms in total. The summed E-state index contributed by atoms with van der Waals surface area (Å²) < 4.78 is 11.6. The van der Waals surface area contributed by atoms with Crippen LogP contribution in [0.4, 0.5) is 0 Å². The first-order valence-corrected chi connectivity index (χ1v) is 12.3. The molecule has 0 fully saturated rings. The number of hydrogen-bond donors (Lipinski definition) is 2. The Balaban J connectivity index is 1.92. The molecule has 0 saturated heterocycles. The first-order valence-electron chi connectivity index (χ1n) is 11.1. The fourth-order valence-electron chi connectivity index (χ4n) is 3.99. The van der Waals surface area contributed by atoms with Crippen molar-refractivity contribution >= 4 is 33.2 Å². The highest BCUT2D eigenvalue weighted by atomic mass is 35.5. The van der Waals surface area contributed by atoms with Gasteiger partial charge in [-0.15, -0.1) is 11.3 Å². The largest absolute Gasteiger partial charge is 0.493 e. The Labute approximate surface area is 199 Å². The summed E-state index contributed by atoms with van der Waals surface area (Å²) in [4.78, 5) is 7.41. The number of hydrogen-bond acceptors (Lipinski definition) is 6. The monoisotopic (exact) mass is 473 g/mol. The van der Waals surface area contributed by atoms with Gasteiger partial charge in [0.05, 0.1) is 23.9 Å². The molecule has 172 valence electrons. The Kier molecular flexibility index (Phi) is 6.68. The number of halogens is 1. The van der Waals surface area contributed by atoms with Gasteiger partial charge in [0.15, 0.2) is 11.5 Å². The number of ether oxygens (including phenoxy) is 2. The number of rotatable bonds is 6. The second-order valence-corrected chi connectivity index (χ2v) is 11.0. The van der Waals surface area contributed by atoms with Crippen LogP contribution in [0.15, 0.2) is 18.2 Å². The van der Waals surface area contributed by atoms with Crippen LogP contribution in [-0.4, -0.2) is 30.3 Å². The minimum Gasteiger partial charge on any atom is -0.493 e. The summed E-state index contributed by atoms with van der Waals surface area (Å²) >= 11 is 8.85. The van der Waals surface area contributed by atoms with Crippen molar-refractivity contribution in [3.05, 3.63) is 39.4 Å². The fraction of sp³-hybridized carbons (Fsp3) is 0.480. The molecule has 3 aromatic rings. The van der Waals surface area contributed by atoms with Crippen LogP contribution in [0, 0.1) is 0 Å². The SMILES string of the molecule is COc1cc(-c2c(Cl)c(CNC(C)(C)C)nc3sc4c(c23)CCNC4)ccc1OC(C)C. The van der Waals surface area contributed by atoms with Crippen LogP contribution < -0.4 is 20.1 Å². The van der Waals surface area contributed by atoms with Gasteiger partial charge >= 0.3 is 0 Å². The summed E-state index contributed by atoms with van der Waals surface area (Å²) in [6.45, 7) is 12.9. The van der Waals surface area contributed by atoms with Crippen molar-refractivity contribution in [3.63, 3.8) is 0 Å². The normalized spacial score (nSPS) is 14.1. The van der Waals surface area contributed by atoms with Gasteiger partial charge in [0.1, 0.15) is 4.83 Å². The maximum Gasteiger partial charge on any atom is 0.161 e. The van der Waals surface area contributed by atoms with E-state index in [9.17, 15) is 0 Å². The van der Waals surface area contributed by atoms with E-state index in [4.69, 9.17) is 26.1 Å². The molecule has 2 N–H and O–H groups in total. The van der Waals surface area contributed by atoms with Gasteiger partial charge in [-0.1, -0.05) is 17.7 Å². The molecule has 1 aromatic carbocycles. The van der Waals surface area contributed by atoms with E-state index in [1.54, 1.807) is 18.4 Å². The minimum absolute atomic E-state index is 0.0300. The molecule has 0 amide bonds. The van der Waals surface area contributed by atoms with Crippen molar-refractivity contribution < 1.29 is 9.47 Å². The maximum atomic E-state index is 7.08. The van der Waals surface area contributed by atoms with Gasteiger partial charge in [-0.05, 0) is 70.8 Å². The quantitative estimate of drug-likeness (QED) is 0.463. The Bertz CT molecular complexity index is 1130. The van der Waals surface area contributed by atoms with Crippen molar-refractivity contribution in [2.75, 3.05) is 13.7 Å². The summed E-state index contributed by atoms with van der Waals surface area (Å²) in [6, 6.07) is 6.08. The molecule has 1 aliphatic rings. The van der Waals surface area contributed by atoms with E-state index in [0.29, 0.717) is 17.3 Å². The third-order valence-corrected chi connectivity index (χ3v) is 7.00. The van der Waals surface area contributed by atoms with Gasteiger partial charge in [0.25, 0.3) is 0 Å². The van der Waals surface area contributed by atoms with Gasteiger partial charge in [-0.25, -0.2) is 4.98 Å². The molecule has 3 heterocycles. The molecule has 0 unspecified atom stereocenters. The molecule has 32 heavy (non-hydrogen) atoms. The van der Waals surface area contributed by atoms with Gasteiger partial charge in [0.2, 0.25) is 0 Å². The number of benzene rings is 1. The molecule has 2 aromatic heterocycles. The average molecular weight is 474 g/mol. The number of nitrogens with zero attached hydrogens (tertiary/aromatic N) is 1. The van der Waals surface area contributed by atoms with Crippen LogP contribution in [0.3, 0.4) is 0 Å². The molecule has 0 radical (unpaired) electrons. The number of thiophene rings is 1. The number of aromatic nitrogens is 1. The first-order chi connectivity index (χ1) is 15.2. The second kappa shape index (κ2) is 9.18. The van der Waals surface area contributed by atoms with Crippen LogP contribution in [0.2, 0.25) is 5.02 Å². The van der Waals surface area contributed by atoms with Crippen molar-refractivity contribution in [2.45, 2.75) is 65.8 Å². The van der Waals surface area contributed by atoms with Gasteiger partial charge in [0, 0.05) is 34.5 Å². The highest BCUT2D eigenvalue weighted by Gasteiger charge is 2.25. The zero-order valence-corrected chi connectivity index (χ0v) is 21.3. The zero-order valence-electron chi connectivity index (χ0n) is 19.7. The molecule has 4 rings (SSSR count). The smallest absolute Gasteiger partial charge is 0.161 e. The van der Waals surface area contributed by atoms with Crippen molar-refractivity contribution in [1.29, 1.82) is 0 Å². The highest BCUT2D eigenvalue weighted by Crippen LogP contribution is 2.45. The minimum atomic E-state index is -0.0300. The van der Waals surface area contributed by atoms with E-state index in [2.05, 4.69) is 37.5 Å².